The number of rotatable bonds is 1. The summed E-state index contributed by atoms with van der Waals surface area (Å²) in [6.07, 6.45) is 2.07. The van der Waals surface area contributed by atoms with Gasteiger partial charge >= 0.3 is 0 Å². The molecular weight excluding hydrogens is 303 g/mol. The molecule has 0 aliphatic carbocycles. The van der Waals surface area contributed by atoms with E-state index < -0.39 is 0 Å². The van der Waals surface area contributed by atoms with Gasteiger partial charge in [-0.15, -0.1) is 0 Å². The van der Waals surface area contributed by atoms with Crippen LogP contribution in [0.25, 0.3) is 6.08 Å². The average molecular weight is 309 g/mol. The summed E-state index contributed by atoms with van der Waals surface area (Å²) >= 11 is 5.58. The van der Waals surface area contributed by atoms with Gasteiger partial charge in [-0.3, -0.25) is 0 Å². The maximum Gasteiger partial charge on any atom is 0.0565 e. The third kappa shape index (κ3) is 2.84. The van der Waals surface area contributed by atoms with E-state index >= 15 is 0 Å². The number of hydrogen-bond acceptors (Lipinski definition) is 0. The Morgan fingerprint density at radius 3 is 2.40 bits per heavy atom. The van der Waals surface area contributed by atoms with Crippen molar-refractivity contribution in [2.75, 3.05) is 0 Å². The largest absolute Gasteiger partial charge is 0.0622 e. The highest BCUT2D eigenvalue weighted by Crippen LogP contribution is 2.17. The Morgan fingerprint density at radius 1 is 1.30 bits per heavy atom. The molecule has 0 atom stereocenters. The van der Waals surface area contributed by atoms with E-state index in [-0.39, 0.29) is 0 Å². The summed E-state index contributed by atoms with van der Waals surface area (Å²) in [6.45, 7) is 0. The lowest BCUT2D eigenvalue weighted by Gasteiger charge is -1.89. The Labute approximate surface area is 82.6 Å². The van der Waals surface area contributed by atoms with Crippen LogP contribution in [0.2, 0.25) is 0 Å². The maximum atomic E-state index is 3.36. The smallest absolute Gasteiger partial charge is 0.0565 e. The lowest BCUT2D eigenvalue weighted by molar-refractivity contribution is 1.67. The fraction of sp³-hybridized carbons (Fsp3) is 0. The van der Waals surface area contributed by atoms with Crippen LogP contribution in [0, 0.1) is 0 Å². The SMILES string of the molecule is Br/C(I)=C/c1ccccc1. The van der Waals surface area contributed by atoms with E-state index in [4.69, 9.17) is 0 Å². The highest BCUT2D eigenvalue weighted by atomic mass is 127. The first-order chi connectivity index (χ1) is 4.79. The monoisotopic (exact) mass is 308 g/mol. The number of benzene rings is 1. The van der Waals surface area contributed by atoms with Crippen LogP contribution < -0.4 is 0 Å². The molecule has 0 aliphatic rings. The van der Waals surface area contributed by atoms with Crippen LogP contribution in [0.15, 0.2) is 32.8 Å². The summed E-state index contributed by atoms with van der Waals surface area (Å²) in [4.78, 5) is 0. The summed E-state index contributed by atoms with van der Waals surface area (Å²) in [6, 6.07) is 10.2. The quantitative estimate of drug-likeness (QED) is 0.692. The molecule has 1 rings (SSSR count). The van der Waals surface area contributed by atoms with Gasteiger partial charge in [0.05, 0.1) is 2.49 Å². The van der Waals surface area contributed by atoms with Crippen molar-refractivity contribution < 1.29 is 0 Å². The molecule has 0 aromatic heterocycles. The topological polar surface area (TPSA) is 0 Å². The van der Waals surface area contributed by atoms with Gasteiger partial charge < -0.3 is 0 Å². The molecule has 2 heteroatoms. The van der Waals surface area contributed by atoms with Gasteiger partial charge in [-0.05, 0) is 50.2 Å². The van der Waals surface area contributed by atoms with Crippen LogP contribution in [0.5, 0.6) is 0 Å². The van der Waals surface area contributed by atoms with Crippen LogP contribution in [0.3, 0.4) is 0 Å². The molecule has 0 saturated heterocycles. The van der Waals surface area contributed by atoms with E-state index in [2.05, 4.69) is 56.7 Å². The van der Waals surface area contributed by atoms with Crippen LogP contribution in [-0.4, -0.2) is 0 Å². The van der Waals surface area contributed by atoms with Crippen molar-refractivity contribution in [3.8, 4) is 0 Å². The van der Waals surface area contributed by atoms with E-state index in [1.54, 1.807) is 0 Å². The zero-order chi connectivity index (χ0) is 7.40. The molecule has 1 aromatic carbocycles. The van der Waals surface area contributed by atoms with Crippen molar-refractivity contribution in [1.29, 1.82) is 0 Å². The Bertz CT molecular complexity index is 224. The molecule has 0 fully saturated rings. The van der Waals surface area contributed by atoms with Crippen molar-refractivity contribution in [3.05, 3.63) is 38.4 Å². The molecule has 0 saturated carbocycles. The Morgan fingerprint density at radius 2 is 1.90 bits per heavy atom. The Kier molecular flexibility index (Phi) is 3.42. The van der Waals surface area contributed by atoms with Gasteiger partial charge in [-0.1, -0.05) is 30.3 Å². The Hall–Kier alpha value is 0.170. The minimum atomic E-state index is 1.12. The number of halogens is 2. The van der Waals surface area contributed by atoms with Gasteiger partial charge in [0.2, 0.25) is 0 Å². The lowest BCUT2D eigenvalue weighted by atomic mass is 10.2. The first-order valence-electron chi connectivity index (χ1n) is 2.87. The highest BCUT2D eigenvalue weighted by molar-refractivity contribution is 14.1. The molecule has 52 valence electrons. The van der Waals surface area contributed by atoms with E-state index in [1.807, 2.05) is 18.2 Å². The van der Waals surface area contributed by atoms with E-state index in [1.165, 1.54) is 5.56 Å². The van der Waals surface area contributed by atoms with Crippen molar-refractivity contribution >= 4 is 44.6 Å². The minimum Gasteiger partial charge on any atom is -0.0622 e. The molecular formula is C8H6BrI. The average Bonchev–Trinajstić information content (AvgIpc) is 1.88. The lowest BCUT2D eigenvalue weighted by Crippen LogP contribution is -1.66. The predicted molar refractivity (Wildman–Crippen MR) is 57.4 cm³/mol. The fourth-order valence-electron chi connectivity index (χ4n) is 0.675. The van der Waals surface area contributed by atoms with E-state index in [0.717, 1.165) is 2.49 Å². The second kappa shape index (κ2) is 4.13. The molecule has 0 amide bonds. The van der Waals surface area contributed by atoms with Gasteiger partial charge in [0.25, 0.3) is 0 Å². The summed E-state index contributed by atoms with van der Waals surface area (Å²) < 4.78 is 1.12. The molecule has 0 radical (unpaired) electrons. The molecule has 0 bridgehead atoms. The molecule has 0 heterocycles. The third-order valence-electron chi connectivity index (χ3n) is 1.08. The molecule has 10 heavy (non-hydrogen) atoms. The third-order valence-corrected chi connectivity index (χ3v) is 1.62. The van der Waals surface area contributed by atoms with E-state index in [9.17, 15) is 0 Å². The van der Waals surface area contributed by atoms with Crippen LogP contribution >= 0.6 is 38.5 Å². The zero-order valence-electron chi connectivity index (χ0n) is 5.22. The molecule has 1 aromatic rings. The van der Waals surface area contributed by atoms with Gasteiger partial charge in [-0.2, -0.15) is 0 Å². The van der Waals surface area contributed by atoms with Crippen LogP contribution in [-0.2, 0) is 0 Å². The van der Waals surface area contributed by atoms with Crippen molar-refractivity contribution in [3.63, 3.8) is 0 Å². The molecule has 0 N–H and O–H groups in total. The van der Waals surface area contributed by atoms with Crippen molar-refractivity contribution in [2.24, 2.45) is 0 Å². The predicted octanol–water partition coefficient (Wildman–Crippen LogP) is 3.81. The fourth-order valence-corrected chi connectivity index (χ4v) is 1.30. The summed E-state index contributed by atoms with van der Waals surface area (Å²) in [7, 11) is 0. The van der Waals surface area contributed by atoms with Crippen molar-refractivity contribution in [1.82, 2.24) is 0 Å². The van der Waals surface area contributed by atoms with Gasteiger partial charge in [0.1, 0.15) is 0 Å². The summed E-state index contributed by atoms with van der Waals surface area (Å²) in [5.41, 5.74) is 1.23. The summed E-state index contributed by atoms with van der Waals surface area (Å²) in [5.74, 6) is 0. The Balaban J connectivity index is 2.87. The molecule has 0 spiro atoms. The van der Waals surface area contributed by atoms with Gasteiger partial charge in [0, 0.05) is 0 Å². The first kappa shape index (κ1) is 8.27. The minimum absolute atomic E-state index is 1.12. The van der Waals surface area contributed by atoms with Crippen LogP contribution in [0.4, 0.5) is 0 Å². The van der Waals surface area contributed by atoms with Crippen molar-refractivity contribution in [2.45, 2.75) is 0 Å². The zero-order valence-corrected chi connectivity index (χ0v) is 8.96. The van der Waals surface area contributed by atoms with Gasteiger partial charge in [0.15, 0.2) is 0 Å². The van der Waals surface area contributed by atoms with Gasteiger partial charge in [-0.25, -0.2) is 0 Å². The second-order valence-corrected chi connectivity index (χ2v) is 5.34. The maximum absolute atomic E-state index is 3.36. The standard InChI is InChI=1S/C8H6BrI/c9-8(10)6-7-4-2-1-3-5-7/h1-6H/b8-6-. The first-order valence-corrected chi connectivity index (χ1v) is 4.74. The number of hydrogen-bond donors (Lipinski definition) is 0. The molecule has 0 aliphatic heterocycles. The highest BCUT2D eigenvalue weighted by Gasteiger charge is 1.84. The van der Waals surface area contributed by atoms with Crippen LogP contribution in [0.1, 0.15) is 5.56 Å². The van der Waals surface area contributed by atoms with E-state index in [0.29, 0.717) is 0 Å². The second-order valence-electron chi connectivity index (χ2n) is 1.84. The molecule has 0 unspecified atom stereocenters. The molecule has 0 nitrogen and oxygen atoms in total. The summed E-state index contributed by atoms with van der Waals surface area (Å²) in [5, 5.41) is 0. The normalized spacial score (nSPS) is 11.6.